The van der Waals surface area contributed by atoms with Gasteiger partial charge in [0.05, 0.1) is 0 Å². The van der Waals surface area contributed by atoms with Gasteiger partial charge in [-0.25, -0.2) is 0 Å². The molecular formula is C18H31KO3. The fourth-order valence-electron chi connectivity index (χ4n) is 2.25. The van der Waals surface area contributed by atoms with Crippen molar-refractivity contribution >= 4 is 5.97 Å². The minimum atomic E-state index is -1.53. The summed E-state index contributed by atoms with van der Waals surface area (Å²) in [7, 11) is 0. The van der Waals surface area contributed by atoms with Gasteiger partial charge in [0.1, 0.15) is 11.7 Å². The molecule has 0 aromatic heterocycles. The molecule has 22 heavy (non-hydrogen) atoms. The molecule has 0 radical (unpaired) electrons. The molecule has 0 spiro atoms. The van der Waals surface area contributed by atoms with Crippen LogP contribution in [0.15, 0.2) is 24.0 Å². The van der Waals surface area contributed by atoms with Gasteiger partial charge in [-0.2, -0.15) is 0 Å². The van der Waals surface area contributed by atoms with E-state index in [1.165, 1.54) is 64.2 Å². The van der Waals surface area contributed by atoms with Crippen LogP contribution >= 0.6 is 0 Å². The molecule has 0 aliphatic heterocycles. The third-order valence-electron chi connectivity index (χ3n) is 3.57. The molecular weight excluding hydrogens is 303 g/mol. The van der Waals surface area contributed by atoms with Gasteiger partial charge >= 0.3 is 51.4 Å². The van der Waals surface area contributed by atoms with Crippen molar-refractivity contribution in [3.05, 3.63) is 24.0 Å². The number of aliphatic hydroxyl groups is 1. The van der Waals surface area contributed by atoms with Gasteiger partial charge in [-0.15, -0.1) is 0 Å². The van der Waals surface area contributed by atoms with Crippen molar-refractivity contribution in [3.63, 3.8) is 0 Å². The van der Waals surface area contributed by atoms with Crippen molar-refractivity contribution in [3.8, 4) is 0 Å². The molecule has 0 rings (SSSR count). The quantitative estimate of drug-likeness (QED) is 0.172. The van der Waals surface area contributed by atoms with E-state index in [2.05, 4.69) is 6.92 Å². The molecule has 0 amide bonds. The first-order valence-electron chi connectivity index (χ1n) is 8.45. The second-order valence-corrected chi connectivity index (χ2v) is 5.59. The number of hydrogen-bond donors (Lipinski definition) is 1. The zero-order valence-electron chi connectivity index (χ0n) is 14.5. The molecule has 0 fully saturated rings. The van der Waals surface area contributed by atoms with Crippen LogP contribution in [-0.2, 0) is 4.79 Å². The summed E-state index contributed by atoms with van der Waals surface area (Å²) in [5.41, 5.74) is 0. The van der Waals surface area contributed by atoms with Crippen LogP contribution in [0.25, 0.3) is 0 Å². The van der Waals surface area contributed by atoms with Crippen molar-refractivity contribution in [2.24, 2.45) is 0 Å². The molecule has 3 nitrogen and oxygen atoms in total. The number of aliphatic carboxylic acids is 1. The predicted octanol–water partition coefficient (Wildman–Crippen LogP) is 1.44. The van der Waals surface area contributed by atoms with Crippen LogP contribution in [0, 0.1) is 0 Å². The molecule has 1 N–H and O–H groups in total. The first-order chi connectivity index (χ1) is 10.2. The Kier molecular flexibility index (Phi) is 21.8. The molecule has 4 heteroatoms. The van der Waals surface area contributed by atoms with E-state index >= 15 is 0 Å². The van der Waals surface area contributed by atoms with Crippen LogP contribution in [0.5, 0.6) is 0 Å². The maximum atomic E-state index is 10.2. The number of carbonyl (C=O) groups excluding carboxylic acids is 1. The van der Waals surface area contributed by atoms with Crippen LogP contribution in [0.3, 0.4) is 0 Å². The van der Waals surface area contributed by atoms with Gasteiger partial charge in [-0.1, -0.05) is 83.3 Å². The second-order valence-electron chi connectivity index (χ2n) is 5.59. The summed E-state index contributed by atoms with van der Waals surface area (Å²) in [6, 6.07) is 0. The normalized spacial score (nSPS) is 11.6. The first-order valence-corrected chi connectivity index (χ1v) is 8.45. The molecule has 0 atom stereocenters. The van der Waals surface area contributed by atoms with Crippen LogP contribution in [0.4, 0.5) is 0 Å². The molecule has 0 aliphatic carbocycles. The molecule has 0 unspecified atom stereocenters. The summed E-state index contributed by atoms with van der Waals surface area (Å²) in [5, 5.41) is 19.1. The zero-order chi connectivity index (χ0) is 15.8. The number of rotatable bonds is 14. The van der Waals surface area contributed by atoms with E-state index in [0.717, 1.165) is 18.9 Å². The largest absolute Gasteiger partial charge is 1.00 e. The SMILES string of the molecule is CCCCCCCCCCCCCC=CC=C(O)C(=O)[O-].[K+]. The van der Waals surface area contributed by atoms with E-state index in [1.807, 2.05) is 6.08 Å². The standard InChI is InChI=1S/C18H32O3.K/c1-2-3-4-5-6-7-8-9-10-11-12-13-14-15-16-17(19)18(20)21;/h14-16,19H,2-13H2,1H3,(H,20,21);/q;+1/p-1. The fourth-order valence-corrected chi connectivity index (χ4v) is 2.25. The van der Waals surface area contributed by atoms with E-state index in [4.69, 9.17) is 5.11 Å². The molecule has 0 saturated heterocycles. The summed E-state index contributed by atoms with van der Waals surface area (Å²) in [6.45, 7) is 2.25. The summed E-state index contributed by atoms with van der Waals surface area (Å²) in [4.78, 5) is 10.2. The average Bonchev–Trinajstić information content (AvgIpc) is 2.47. The number of carboxylic acids is 1. The van der Waals surface area contributed by atoms with Crippen molar-refractivity contribution in [2.75, 3.05) is 0 Å². The molecule has 122 valence electrons. The Morgan fingerprint density at radius 1 is 0.909 bits per heavy atom. The second kappa shape index (κ2) is 19.4. The van der Waals surface area contributed by atoms with Crippen molar-refractivity contribution in [1.82, 2.24) is 0 Å². The van der Waals surface area contributed by atoms with Crippen LogP contribution in [-0.4, -0.2) is 11.1 Å². The topological polar surface area (TPSA) is 60.4 Å². The van der Waals surface area contributed by atoms with E-state index < -0.39 is 11.7 Å². The Balaban J connectivity index is 0. The van der Waals surface area contributed by atoms with E-state index in [1.54, 1.807) is 6.08 Å². The first kappa shape index (κ1) is 24.6. The van der Waals surface area contributed by atoms with E-state index in [9.17, 15) is 9.90 Å². The van der Waals surface area contributed by atoms with Crippen molar-refractivity contribution < 1.29 is 66.4 Å². The monoisotopic (exact) mass is 334 g/mol. The van der Waals surface area contributed by atoms with Crippen molar-refractivity contribution in [2.45, 2.75) is 84.0 Å². The number of allylic oxidation sites excluding steroid dienone is 3. The summed E-state index contributed by atoms with van der Waals surface area (Å²) in [5.74, 6) is -2.25. The van der Waals surface area contributed by atoms with Crippen LogP contribution in [0.1, 0.15) is 84.0 Å². The van der Waals surface area contributed by atoms with Gasteiger partial charge in [0.15, 0.2) is 0 Å². The molecule has 0 bridgehead atoms. The Morgan fingerprint density at radius 2 is 1.36 bits per heavy atom. The van der Waals surface area contributed by atoms with Gasteiger partial charge in [0.2, 0.25) is 0 Å². The Morgan fingerprint density at radius 3 is 1.82 bits per heavy atom. The minimum absolute atomic E-state index is 0. The third kappa shape index (κ3) is 18.4. The van der Waals surface area contributed by atoms with E-state index in [-0.39, 0.29) is 51.4 Å². The molecule has 0 aliphatic rings. The molecule has 0 heterocycles. The maximum absolute atomic E-state index is 10.2. The maximum Gasteiger partial charge on any atom is 1.00 e. The van der Waals surface area contributed by atoms with Gasteiger partial charge in [0.25, 0.3) is 0 Å². The summed E-state index contributed by atoms with van der Waals surface area (Å²) >= 11 is 0. The van der Waals surface area contributed by atoms with Gasteiger partial charge < -0.3 is 15.0 Å². The minimum Gasteiger partial charge on any atom is -0.542 e. The van der Waals surface area contributed by atoms with Gasteiger partial charge in [-0.05, 0) is 18.9 Å². The number of hydrogen-bond acceptors (Lipinski definition) is 3. The van der Waals surface area contributed by atoms with E-state index in [0.29, 0.717) is 0 Å². The molecule has 0 aromatic rings. The Labute approximate surface area is 178 Å². The smallest absolute Gasteiger partial charge is 0.542 e. The number of unbranched alkanes of at least 4 members (excludes halogenated alkanes) is 11. The van der Waals surface area contributed by atoms with Crippen molar-refractivity contribution in [1.29, 1.82) is 0 Å². The fraction of sp³-hybridized carbons (Fsp3) is 0.722. The third-order valence-corrected chi connectivity index (χ3v) is 3.57. The van der Waals surface area contributed by atoms with Crippen LogP contribution in [0.2, 0.25) is 0 Å². The Hall–Kier alpha value is 0.386. The average molecular weight is 335 g/mol. The number of aliphatic hydroxyl groups excluding tert-OH is 1. The van der Waals surface area contributed by atoms with Gasteiger partial charge in [0, 0.05) is 0 Å². The summed E-state index contributed by atoms with van der Waals surface area (Å²) in [6.07, 6.45) is 20.1. The summed E-state index contributed by atoms with van der Waals surface area (Å²) < 4.78 is 0. The molecule has 0 aromatic carbocycles. The van der Waals surface area contributed by atoms with Crippen LogP contribution < -0.4 is 56.5 Å². The predicted molar refractivity (Wildman–Crippen MR) is 85.9 cm³/mol. The number of carbonyl (C=O) groups is 1. The Bertz CT molecular complexity index is 311. The zero-order valence-corrected chi connectivity index (χ0v) is 17.6. The number of carboxylic acid groups (broad SMARTS) is 1. The molecule has 0 saturated carbocycles. The van der Waals surface area contributed by atoms with Gasteiger partial charge in [-0.3, -0.25) is 0 Å².